The summed E-state index contributed by atoms with van der Waals surface area (Å²) in [6.45, 7) is 2.45. The van der Waals surface area contributed by atoms with Crippen molar-refractivity contribution in [3.8, 4) is 0 Å². The highest BCUT2D eigenvalue weighted by atomic mass is 35.5. The molecular weight excluding hydrogens is 248 g/mol. The number of hydrogen-bond donors (Lipinski definition) is 1. The summed E-state index contributed by atoms with van der Waals surface area (Å²) in [5.41, 5.74) is 2.41. The molecule has 3 rings (SSSR count). The van der Waals surface area contributed by atoms with Gasteiger partial charge in [-0.15, -0.1) is 0 Å². The van der Waals surface area contributed by atoms with E-state index >= 15 is 0 Å². The molecule has 2 aliphatic heterocycles. The Morgan fingerprint density at radius 2 is 2.33 bits per heavy atom. The number of benzene rings is 1. The highest BCUT2D eigenvalue weighted by molar-refractivity contribution is 6.31. The summed E-state index contributed by atoms with van der Waals surface area (Å²) in [5, 5.41) is 4.10. The minimum absolute atomic E-state index is 0.0331. The largest absolute Gasteiger partial charge is 0.337 e. The number of rotatable bonds is 1. The Labute approximate surface area is 112 Å². The molecule has 18 heavy (non-hydrogen) atoms. The molecule has 3 nitrogen and oxygen atoms in total. The smallest absolute Gasteiger partial charge is 0.240 e. The Kier molecular flexibility index (Phi) is 3.27. The van der Waals surface area contributed by atoms with Crippen LogP contribution in [0.25, 0.3) is 0 Å². The fourth-order valence-corrected chi connectivity index (χ4v) is 3.16. The monoisotopic (exact) mass is 264 g/mol. The lowest BCUT2D eigenvalue weighted by molar-refractivity contribution is -0.134. The second kappa shape index (κ2) is 4.90. The Morgan fingerprint density at radius 1 is 1.44 bits per heavy atom. The van der Waals surface area contributed by atoms with Gasteiger partial charge in [-0.3, -0.25) is 4.79 Å². The van der Waals surface area contributed by atoms with E-state index in [-0.39, 0.29) is 11.9 Å². The topological polar surface area (TPSA) is 32.3 Å². The van der Waals surface area contributed by atoms with Crippen molar-refractivity contribution in [1.29, 1.82) is 0 Å². The first-order valence-corrected chi connectivity index (χ1v) is 6.92. The predicted octanol–water partition coefficient (Wildman–Crippen LogP) is 1.98. The molecular formula is C14H17ClN2O. The number of nitrogens with zero attached hydrogens (tertiary/aromatic N) is 1. The van der Waals surface area contributed by atoms with Gasteiger partial charge in [-0.25, -0.2) is 0 Å². The van der Waals surface area contributed by atoms with Crippen molar-refractivity contribution in [2.75, 3.05) is 13.1 Å². The number of nitrogens with one attached hydrogen (secondary N) is 1. The normalized spacial score (nSPS) is 22.9. The third-order valence-electron chi connectivity index (χ3n) is 3.88. The average Bonchev–Trinajstić information content (AvgIpc) is 2.91. The summed E-state index contributed by atoms with van der Waals surface area (Å²) in [6.07, 6.45) is 2.94. The van der Waals surface area contributed by atoms with E-state index in [0.29, 0.717) is 6.54 Å². The van der Waals surface area contributed by atoms with E-state index in [9.17, 15) is 4.79 Å². The van der Waals surface area contributed by atoms with Crippen molar-refractivity contribution in [1.82, 2.24) is 10.2 Å². The van der Waals surface area contributed by atoms with Gasteiger partial charge in [-0.05, 0) is 43.0 Å². The zero-order valence-electron chi connectivity index (χ0n) is 10.3. The van der Waals surface area contributed by atoms with Crippen LogP contribution >= 0.6 is 11.6 Å². The molecule has 0 spiro atoms. The molecule has 1 amide bonds. The Hall–Kier alpha value is -1.06. The summed E-state index contributed by atoms with van der Waals surface area (Å²) in [5.74, 6) is 0.248. The standard InChI is InChI=1S/C14H17ClN2O/c15-12-4-1-3-10-9-17(8-6-11(10)12)14(18)13-5-2-7-16-13/h1,3-4,13,16H,2,5-9H2. The van der Waals surface area contributed by atoms with Gasteiger partial charge in [0.2, 0.25) is 5.91 Å². The van der Waals surface area contributed by atoms with E-state index in [0.717, 1.165) is 37.4 Å². The molecule has 1 atom stereocenters. The lowest BCUT2D eigenvalue weighted by atomic mass is 9.99. The zero-order chi connectivity index (χ0) is 12.5. The lowest BCUT2D eigenvalue weighted by Gasteiger charge is -2.31. The highest BCUT2D eigenvalue weighted by Gasteiger charge is 2.29. The van der Waals surface area contributed by atoms with Crippen LogP contribution in [0, 0.1) is 0 Å². The van der Waals surface area contributed by atoms with Crippen molar-refractivity contribution < 1.29 is 4.79 Å². The van der Waals surface area contributed by atoms with E-state index in [1.807, 2.05) is 17.0 Å². The van der Waals surface area contributed by atoms with Crippen LogP contribution in [-0.4, -0.2) is 29.9 Å². The number of halogens is 1. The van der Waals surface area contributed by atoms with E-state index in [2.05, 4.69) is 11.4 Å². The van der Waals surface area contributed by atoms with Crippen LogP contribution in [0.15, 0.2) is 18.2 Å². The summed E-state index contributed by atoms with van der Waals surface area (Å²) in [7, 11) is 0. The van der Waals surface area contributed by atoms with Crippen LogP contribution in [0.4, 0.5) is 0 Å². The van der Waals surface area contributed by atoms with Crippen LogP contribution in [0.2, 0.25) is 5.02 Å². The van der Waals surface area contributed by atoms with Gasteiger partial charge in [0.05, 0.1) is 6.04 Å². The first-order valence-electron chi connectivity index (χ1n) is 6.54. The minimum Gasteiger partial charge on any atom is -0.337 e. The molecule has 1 unspecified atom stereocenters. The van der Waals surface area contributed by atoms with Gasteiger partial charge in [0.25, 0.3) is 0 Å². The van der Waals surface area contributed by atoms with Gasteiger partial charge in [-0.1, -0.05) is 23.7 Å². The second-order valence-corrected chi connectivity index (χ2v) is 5.44. The summed E-state index contributed by atoms with van der Waals surface area (Å²) >= 11 is 6.18. The van der Waals surface area contributed by atoms with Gasteiger partial charge in [-0.2, -0.15) is 0 Å². The van der Waals surface area contributed by atoms with Gasteiger partial charge in [0, 0.05) is 18.1 Å². The molecule has 1 fully saturated rings. The van der Waals surface area contributed by atoms with Crippen LogP contribution in [0.3, 0.4) is 0 Å². The first-order chi connectivity index (χ1) is 8.75. The van der Waals surface area contributed by atoms with E-state index in [1.165, 1.54) is 11.1 Å². The molecule has 4 heteroatoms. The molecule has 96 valence electrons. The molecule has 2 heterocycles. The molecule has 2 aliphatic rings. The highest BCUT2D eigenvalue weighted by Crippen LogP contribution is 2.26. The van der Waals surface area contributed by atoms with Crippen LogP contribution in [0.1, 0.15) is 24.0 Å². The van der Waals surface area contributed by atoms with Gasteiger partial charge < -0.3 is 10.2 Å². The van der Waals surface area contributed by atoms with Gasteiger partial charge >= 0.3 is 0 Å². The van der Waals surface area contributed by atoms with Crippen LogP contribution in [0.5, 0.6) is 0 Å². The summed E-state index contributed by atoms with van der Waals surface area (Å²) in [4.78, 5) is 14.3. The lowest BCUT2D eigenvalue weighted by Crippen LogP contribution is -2.45. The second-order valence-electron chi connectivity index (χ2n) is 5.04. The van der Waals surface area contributed by atoms with Crippen molar-refractivity contribution >= 4 is 17.5 Å². The number of hydrogen-bond acceptors (Lipinski definition) is 2. The Morgan fingerprint density at radius 3 is 3.11 bits per heavy atom. The maximum absolute atomic E-state index is 12.3. The minimum atomic E-state index is 0.0331. The van der Waals surface area contributed by atoms with Crippen molar-refractivity contribution in [2.24, 2.45) is 0 Å². The van der Waals surface area contributed by atoms with Crippen LogP contribution < -0.4 is 5.32 Å². The first kappa shape index (κ1) is 12.0. The van der Waals surface area contributed by atoms with Gasteiger partial charge in [0.1, 0.15) is 0 Å². The third-order valence-corrected chi connectivity index (χ3v) is 4.23. The predicted molar refractivity (Wildman–Crippen MR) is 71.6 cm³/mol. The zero-order valence-corrected chi connectivity index (χ0v) is 11.0. The van der Waals surface area contributed by atoms with Crippen LogP contribution in [-0.2, 0) is 17.8 Å². The fraction of sp³-hybridized carbons (Fsp3) is 0.500. The molecule has 0 aromatic heterocycles. The number of amides is 1. The maximum Gasteiger partial charge on any atom is 0.240 e. The van der Waals surface area contributed by atoms with Crippen molar-refractivity contribution in [2.45, 2.75) is 31.8 Å². The number of carbonyl (C=O) groups is 1. The third kappa shape index (κ3) is 2.13. The number of carbonyl (C=O) groups excluding carboxylic acids is 1. The quantitative estimate of drug-likeness (QED) is 0.841. The number of fused-ring (bicyclic) bond motifs is 1. The molecule has 1 saturated heterocycles. The Balaban J connectivity index is 1.76. The molecule has 0 radical (unpaired) electrons. The maximum atomic E-state index is 12.3. The fourth-order valence-electron chi connectivity index (χ4n) is 2.87. The van der Waals surface area contributed by atoms with E-state index in [4.69, 9.17) is 11.6 Å². The van der Waals surface area contributed by atoms with Crippen molar-refractivity contribution in [3.05, 3.63) is 34.3 Å². The molecule has 0 aliphatic carbocycles. The summed E-state index contributed by atoms with van der Waals surface area (Å²) < 4.78 is 0. The molecule has 1 aromatic rings. The van der Waals surface area contributed by atoms with E-state index < -0.39 is 0 Å². The summed E-state index contributed by atoms with van der Waals surface area (Å²) in [6, 6.07) is 5.99. The Bertz CT molecular complexity index is 469. The van der Waals surface area contributed by atoms with Gasteiger partial charge in [0.15, 0.2) is 0 Å². The SMILES string of the molecule is O=C(C1CCCN1)N1CCc2c(Cl)cccc2C1. The molecule has 0 saturated carbocycles. The molecule has 0 bridgehead atoms. The molecule has 1 aromatic carbocycles. The van der Waals surface area contributed by atoms with E-state index in [1.54, 1.807) is 0 Å². The molecule has 1 N–H and O–H groups in total. The van der Waals surface area contributed by atoms with Crippen molar-refractivity contribution in [3.63, 3.8) is 0 Å². The average molecular weight is 265 g/mol.